The fourth-order valence-corrected chi connectivity index (χ4v) is 5.34. The summed E-state index contributed by atoms with van der Waals surface area (Å²) in [6.07, 6.45) is 4.85. The number of aromatic nitrogens is 5. The van der Waals surface area contributed by atoms with Crippen molar-refractivity contribution >= 4 is 17.4 Å². The van der Waals surface area contributed by atoms with E-state index in [0.717, 1.165) is 36.8 Å². The maximum Gasteiger partial charge on any atom is 0.320 e. The highest BCUT2D eigenvalue weighted by atomic mass is 35.5. The van der Waals surface area contributed by atoms with Crippen molar-refractivity contribution in [2.75, 3.05) is 18.0 Å². The number of fused-ring (bicyclic) bond motifs is 2. The molecule has 33 heavy (non-hydrogen) atoms. The number of rotatable bonds is 6. The molecule has 0 amide bonds. The molecule has 2 aliphatic rings. The maximum atomic E-state index is 14.2. The second kappa shape index (κ2) is 8.89. The molecular weight excluding hydrogens is 443 g/mol. The van der Waals surface area contributed by atoms with Gasteiger partial charge in [0.05, 0.1) is 6.04 Å². The zero-order valence-corrected chi connectivity index (χ0v) is 19.8. The van der Waals surface area contributed by atoms with Crippen LogP contribution in [0.5, 0.6) is 11.8 Å². The van der Waals surface area contributed by atoms with Crippen molar-refractivity contribution in [3.8, 4) is 11.8 Å². The third kappa shape index (κ3) is 4.53. The van der Waals surface area contributed by atoms with Crippen LogP contribution in [-0.4, -0.2) is 37.8 Å². The summed E-state index contributed by atoms with van der Waals surface area (Å²) in [5.41, 5.74) is 0.988. The SMILES string of the molecule is Cc1cc(N2C[C@H]3CC[C@@H](C2)C3Cc2nc(Oc3cc(Cl)ccc3F)n(C(C)C)n2)ncn1. The van der Waals surface area contributed by atoms with Gasteiger partial charge in [-0.25, -0.2) is 19.0 Å². The third-order valence-electron chi connectivity index (χ3n) is 6.79. The molecule has 0 radical (unpaired) electrons. The minimum atomic E-state index is -0.482. The molecule has 3 atom stereocenters. The Morgan fingerprint density at radius 2 is 1.91 bits per heavy atom. The Morgan fingerprint density at radius 1 is 1.15 bits per heavy atom. The molecule has 174 valence electrons. The van der Waals surface area contributed by atoms with Crippen LogP contribution in [-0.2, 0) is 6.42 Å². The zero-order chi connectivity index (χ0) is 23.1. The van der Waals surface area contributed by atoms with E-state index < -0.39 is 5.82 Å². The molecule has 1 aliphatic carbocycles. The predicted molar refractivity (Wildman–Crippen MR) is 124 cm³/mol. The number of aryl methyl sites for hydroxylation is 1. The van der Waals surface area contributed by atoms with Crippen LogP contribution in [0.2, 0.25) is 5.02 Å². The summed E-state index contributed by atoms with van der Waals surface area (Å²) in [6, 6.07) is 6.63. The van der Waals surface area contributed by atoms with Crippen molar-refractivity contribution in [2.45, 2.75) is 46.1 Å². The number of halogens is 2. The second-order valence-electron chi connectivity index (χ2n) is 9.41. The summed E-state index contributed by atoms with van der Waals surface area (Å²) in [4.78, 5) is 15.8. The first kappa shape index (κ1) is 22.1. The van der Waals surface area contributed by atoms with E-state index in [1.54, 1.807) is 11.0 Å². The normalized spacial score (nSPS) is 22.2. The molecule has 1 saturated carbocycles. The van der Waals surface area contributed by atoms with Crippen LogP contribution in [0.15, 0.2) is 30.6 Å². The Bertz CT molecular complexity index is 1140. The lowest BCUT2D eigenvalue weighted by Crippen LogP contribution is -2.43. The topological polar surface area (TPSA) is 69.0 Å². The first-order chi connectivity index (χ1) is 15.9. The van der Waals surface area contributed by atoms with Crippen molar-refractivity contribution in [3.05, 3.63) is 53.0 Å². The van der Waals surface area contributed by atoms with Gasteiger partial charge >= 0.3 is 6.01 Å². The van der Waals surface area contributed by atoms with Gasteiger partial charge in [-0.1, -0.05) is 11.6 Å². The third-order valence-corrected chi connectivity index (χ3v) is 7.02. The smallest absolute Gasteiger partial charge is 0.320 e. The molecule has 9 heteroatoms. The molecule has 0 spiro atoms. The van der Waals surface area contributed by atoms with E-state index >= 15 is 0 Å². The Hall–Kier alpha value is -2.74. The molecular formula is C24H28ClFN6O. The molecule has 3 heterocycles. The van der Waals surface area contributed by atoms with E-state index in [4.69, 9.17) is 21.4 Å². The highest BCUT2D eigenvalue weighted by Crippen LogP contribution is 2.44. The summed E-state index contributed by atoms with van der Waals surface area (Å²) in [5, 5.41) is 5.14. The Morgan fingerprint density at radius 3 is 2.61 bits per heavy atom. The van der Waals surface area contributed by atoms with Crippen molar-refractivity contribution in [1.82, 2.24) is 24.7 Å². The van der Waals surface area contributed by atoms with E-state index in [0.29, 0.717) is 28.8 Å². The van der Waals surface area contributed by atoms with Crippen molar-refractivity contribution in [1.29, 1.82) is 0 Å². The molecule has 2 bridgehead atoms. The summed E-state index contributed by atoms with van der Waals surface area (Å²) in [7, 11) is 0. The molecule has 5 rings (SSSR count). The van der Waals surface area contributed by atoms with Crippen LogP contribution in [0.1, 0.15) is 44.2 Å². The Labute approximate surface area is 198 Å². The lowest BCUT2D eigenvalue weighted by molar-refractivity contribution is 0.264. The highest BCUT2D eigenvalue weighted by molar-refractivity contribution is 6.30. The second-order valence-corrected chi connectivity index (χ2v) is 9.85. The van der Waals surface area contributed by atoms with Crippen LogP contribution in [0.3, 0.4) is 0 Å². The highest BCUT2D eigenvalue weighted by Gasteiger charge is 2.43. The number of nitrogens with zero attached hydrogens (tertiary/aromatic N) is 6. The van der Waals surface area contributed by atoms with Crippen LogP contribution >= 0.6 is 11.6 Å². The van der Waals surface area contributed by atoms with Gasteiger partial charge in [0.1, 0.15) is 12.1 Å². The maximum absolute atomic E-state index is 14.2. The minimum absolute atomic E-state index is 0.0306. The van der Waals surface area contributed by atoms with Crippen LogP contribution in [0.4, 0.5) is 10.2 Å². The standard InChI is InChI=1S/C24H28ClFN6O/c1-14(2)32-24(33-21-9-18(25)6-7-20(21)26)29-22(30-32)10-19-16-4-5-17(19)12-31(11-16)23-8-15(3)27-13-28-23/h6-9,13-14,16-17,19H,4-5,10-12H2,1-3H3/t16-,17+,19?. The van der Waals surface area contributed by atoms with Crippen LogP contribution in [0, 0.1) is 30.5 Å². The van der Waals surface area contributed by atoms with Gasteiger partial charge in [-0.05, 0) is 63.5 Å². The number of piperidine rings is 1. The molecule has 2 fully saturated rings. The monoisotopic (exact) mass is 470 g/mol. The Balaban J connectivity index is 1.34. The minimum Gasteiger partial charge on any atom is -0.421 e. The average molecular weight is 471 g/mol. The molecule has 1 aliphatic heterocycles. The average Bonchev–Trinajstić information content (AvgIpc) is 3.27. The van der Waals surface area contributed by atoms with E-state index in [1.807, 2.05) is 20.8 Å². The van der Waals surface area contributed by atoms with Gasteiger partial charge < -0.3 is 9.64 Å². The van der Waals surface area contributed by atoms with Gasteiger partial charge in [-0.3, -0.25) is 0 Å². The molecule has 1 unspecified atom stereocenters. The fourth-order valence-electron chi connectivity index (χ4n) is 5.18. The number of ether oxygens (including phenoxy) is 1. The predicted octanol–water partition coefficient (Wildman–Crippen LogP) is 5.25. The summed E-state index contributed by atoms with van der Waals surface area (Å²) in [6.45, 7) is 7.98. The van der Waals surface area contributed by atoms with Crippen LogP contribution < -0.4 is 9.64 Å². The molecule has 3 aromatic rings. The van der Waals surface area contributed by atoms with Gasteiger partial charge in [0.15, 0.2) is 17.4 Å². The quantitative estimate of drug-likeness (QED) is 0.490. The number of hydrogen-bond donors (Lipinski definition) is 0. The first-order valence-corrected chi connectivity index (χ1v) is 11.9. The summed E-state index contributed by atoms with van der Waals surface area (Å²) in [5.74, 6) is 2.98. The number of benzene rings is 1. The molecule has 1 aromatic carbocycles. The molecule has 1 saturated heterocycles. The van der Waals surface area contributed by atoms with E-state index in [1.165, 1.54) is 31.0 Å². The van der Waals surface area contributed by atoms with Gasteiger partial charge in [0.25, 0.3) is 0 Å². The number of anilines is 1. The van der Waals surface area contributed by atoms with Crippen molar-refractivity contribution in [2.24, 2.45) is 17.8 Å². The summed E-state index contributed by atoms with van der Waals surface area (Å²) >= 11 is 6.02. The summed E-state index contributed by atoms with van der Waals surface area (Å²) < 4.78 is 21.8. The van der Waals surface area contributed by atoms with E-state index in [-0.39, 0.29) is 11.8 Å². The zero-order valence-electron chi connectivity index (χ0n) is 19.1. The van der Waals surface area contributed by atoms with Gasteiger partial charge in [-0.15, -0.1) is 0 Å². The van der Waals surface area contributed by atoms with Crippen molar-refractivity contribution < 1.29 is 9.13 Å². The van der Waals surface area contributed by atoms with Crippen molar-refractivity contribution in [3.63, 3.8) is 0 Å². The van der Waals surface area contributed by atoms with E-state index in [9.17, 15) is 4.39 Å². The lowest BCUT2D eigenvalue weighted by Gasteiger charge is -2.38. The van der Waals surface area contributed by atoms with Crippen LogP contribution in [0.25, 0.3) is 0 Å². The molecule has 2 aromatic heterocycles. The molecule has 7 nitrogen and oxygen atoms in total. The van der Waals surface area contributed by atoms with E-state index in [2.05, 4.69) is 25.9 Å². The first-order valence-electron chi connectivity index (χ1n) is 11.5. The van der Waals surface area contributed by atoms with Gasteiger partial charge in [0.2, 0.25) is 0 Å². The largest absolute Gasteiger partial charge is 0.421 e. The lowest BCUT2D eigenvalue weighted by atomic mass is 9.82. The van der Waals surface area contributed by atoms with Gasteiger partial charge in [0, 0.05) is 42.4 Å². The molecule has 0 N–H and O–H groups in total. The number of hydrogen-bond acceptors (Lipinski definition) is 6. The fraction of sp³-hybridized carbons (Fsp3) is 0.500. The van der Waals surface area contributed by atoms with Gasteiger partial charge in [-0.2, -0.15) is 10.1 Å². The Kier molecular flexibility index (Phi) is 5.95.